The Bertz CT molecular complexity index is 225. The van der Waals surface area contributed by atoms with Gasteiger partial charge in [0.15, 0.2) is 0 Å². The molecular formula is C13H27N3O. The van der Waals surface area contributed by atoms with Gasteiger partial charge in [0.25, 0.3) is 0 Å². The summed E-state index contributed by atoms with van der Waals surface area (Å²) in [6.07, 6.45) is 4.25. The second-order valence-corrected chi connectivity index (χ2v) is 5.06. The van der Waals surface area contributed by atoms with E-state index in [0.29, 0.717) is 12.5 Å². The van der Waals surface area contributed by atoms with E-state index >= 15 is 0 Å². The summed E-state index contributed by atoms with van der Waals surface area (Å²) in [7, 11) is 3.66. The van der Waals surface area contributed by atoms with Crippen molar-refractivity contribution < 1.29 is 4.79 Å². The van der Waals surface area contributed by atoms with Crippen LogP contribution in [0.4, 0.5) is 0 Å². The molecule has 4 nitrogen and oxygen atoms in total. The smallest absolute Gasteiger partial charge is 0.223 e. The van der Waals surface area contributed by atoms with Gasteiger partial charge >= 0.3 is 0 Å². The van der Waals surface area contributed by atoms with Gasteiger partial charge in [0, 0.05) is 33.1 Å². The monoisotopic (exact) mass is 241 g/mol. The quantitative estimate of drug-likeness (QED) is 0.751. The molecule has 1 N–H and O–H groups in total. The molecule has 1 heterocycles. The molecule has 0 bridgehead atoms. The molecule has 0 aromatic carbocycles. The molecule has 17 heavy (non-hydrogen) atoms. The van der Waals surface area contributed by atoms with Gasteiger partial charge in [-0.25, -0.2) is 0 Å². The molecule has 1 rings (SSSR count). The van der Waals surface area contributed by atoms with Crippen molar-refractivity contribution >= 4 is 5.91 Å². The fourth-order valence-electron chi connectivity index (χ4n) is 2.40. The van der Waals surface area contributed by atoms with Crippen molar-refractivity contribution in [2.45, 2.75) is 38.6 Å². The molecule has 0 aliphatic carbocycles. The molecule has 0 aromatic heterocycles. The molecule has 0 aromatic rings. The van der Waals surface area contributed by atoms with Crippen LogP contribution < -0.4 is 5.32 Å². The summed E-state index contributed by atoms with van der Waals surface area (Å²) < 4.78 is 0. The van der Waals surface area contributed by atoms with Gasteiger partial charge in [-0.2, -0.15) is 0 Å². The first-order valence-corrected chi connectivity index (χ1v) is 6.80. The van der Waals surface area contributed by atoms with Gasteiger partial charge in [0.1, 0.15) is 0 Å². The molecule has 1 saturated heterocycles. The van der Waals surface area contributed by atoms with Gasteiger partial charge in [-0.15, -0.1) is 0 Å². The summed E-state index contributed by atoms with van der Waals surface area (Å²) in [5.41, 5.74) is 0. The van der Waals surface area contributed by atoms with E-state index in [4.69, 9.17) is 0 Å². The van der Waals surface area contributed by atoms with Crippen molar-refractivity contribution in [3.63, 3.8) is 0 Å². The van der Waals surface area contributed by atoms with E-state index < -0.39 is 0 Å². The van der Waals surface area contributed by atoms with Gasteiger partial charge in [-0.3, -0.25) is 9.69 Å². The molecule has 1 amide bonds. The number of piperidine rings is 1. The fraction of sp³-hybridized carbons (Fsp3) is 0.923. The first-order valence-electron chi connectivity index (χ1n) is 6.80. The van der Waals surface area contributed by atoms with Crippen molar-refractivity contribution in [1.82, 2.24) is 15.1 Å². The van der Waals surface area contributed by atoms with Crippen molar-refractivity contribution in [2.75, 3.05) is 40.3 Å². The Morgan fingerprint density at radius 3 is 2.41 bits per heavy atom. The van der Waals surface area contributed by atoms with E-state index in [0.717, 1.165) is 26.2 Å². The Morgan fingerprint density at radius 2 is 1.88 bits per heavy atom. The number of hydrogen-bond acceptors (Lipinski definition) is 3. The molecule has 0 spiro atoms. The molecule has 100 valence electrons. The highest BCUT2D eigenvalue weighted by molar-refractivity contribution is 5.75. The highest BCUT2D eigenvalue weighted by Gasteiger charge is 2.20. The highest BCUT2D eigenvalue weighted by atomic mass is 16.2. The minimum Gasteiger partial charge on any atom is -0.349 e. The minimum atomic E-state index is 0.236. The lowest BCUT2D eigenvalue weighted by Gasteiger charge is -2.34. The fourth-order valence-corrected chi connectivity index (χ4v) is 2.40. The van der Waals surface area contributed by atoms with Crippen molar-refractivity contribution in [3.8, 4) is 0 Å². The second-order valence-electron chi connectivity index (χ2n) is 5.06. The van der Waals surface area contributed by atoms with E-state index in [-0.39, 0.29) is 5.91 Å². The standard InChI is InChI=1S/C13H27N3O/c1-4-10-16(11-7-13(17)15(2)3)12-5-8-14-9-6-12/h12,14H,4-11H2,1-3H3. The van der Waals surface area contributed by atoms with E-state index in [1.165, 1.54) is 19.3 Å². The van der Waals surface area contributed by atoms with Crippen LogP contribution in [0.3, 0.4) is 0 Å². The Hall–Kier alpha value is -0.610. The molecule has 1 fully saturated rings. The van der Waals surface area contributed by atoms with Crippen LogP contribution in [0.25, 0.3) is 0 Å². The Labute approximate surface area is 105 Å². The largest absolute Gasteiger partial charge is 0.349 e. The summed E-state index contributed by atoms with van der Waals surface area (Å²) in [6, 6.07) is 0.672. The first kappa shape index (κ1) is 14.5. The van der Waals surface area contributed by atoms with E-state index in [9.17, 15) is 4.79 Å². The predicted octanol–water partition coefficient (Wildman–Crippen LogP) is 0.929. The normalized spacial score (nSPS) is 17.4. The lowest BCUT2D eigenvalue weighted by molar-refractivity contribution is -0.129. The third-order valence-corrected chi connectivity index (χ3v) is 3.45. The SMILES string of the molecule is CCCN(CCC(=O)N(C)C)C1CCNCC1. The maximum absolute atomic E-state index is 11.6. The zero-order valence-corrected chi connectivity index (χ0v) is 11.5. The lowest BCUT2D eigenvalue weighted by atomic mass is 10.0. The van der Waals surface area contributed by atoms with Crippen LogP contribution in [0.15, 0.2) is 0 Å². The summed E-state index contributed by atoms with van der Waals surface area (Å²) in [6.45, 7) is 6.47. The molecule has 0 unspecified atom stereocenters. The molecule has 0 saturated carbocycles. The van der Waals surface area contributed by atoms with E-state index in [1.807, 2.05) is 14.1 Å². The number of carbonyl (C=O) groups excluding carboxylic acids is 1. The number of nitrogens with zero attached hydrogens (tertiary/aromatic N) is 2. The van der Waals surface area contributed by atoms with Gasteiger partial charge in [0.2, 0.25) is 5.91 Å². The van der Waals surface area contributed by atoms with Gasteiger partial charge in [0.05, 0.1) is 0 Å². The number of rotatable bonds is 6. The Morgan fingerprint density at radius 1 is 1.24 bits per heavy atom. The van der Waals surface area contributed by atoms with Gasteiger partial charge in [-0.1, -0.05) is 6.92 Å². The van der Waals surface area contributed by atoms with E-state index in [2.05, 4.69) is 17.1 Å². The highest BCUT2D eigenvalue weighted by Crippen LogP contribution is 2.13. The molecule has 4 heteroatoms. The topological polar surface area (TPSA) is 35.6 Å². The van der Waals surface area contributed by atoms with Crippen LogP contribution in [0.2, 0.25) is 0 Å². The van der Waals surface area contributed by atoms with Gasteiger partial charge in [-0.05, 0) is 38.9 Å². The summed E-state index contributed by atoms with van der Waals surface area (Å²) in [5, 5.41) is 3.39. The average molecular weight is 241 g/mol. The number of carbonyl (C=O) groups is 1. The van der Waals surface area contributed by atoms with Crippen molar-refractivity contribution in [2.24, 2.45) is 0 Å². The summed E-state index contributed by atoms with van der Waals surface area (Å²) in [4.78, 5) is 15.8. The summed E-state index contributed by atoms with van der Waals surface area (Å²) in [5.74, 6) is 0.236. The number of hydrogen-bond donors (Lipinski definition) is 1. The lowest BCUT2D eigenvalue weighted by Crippen LogP contribution is -2.44. The third kappa shape index (κ3) is 5.04. The maximum atomic E-state index is 11.6. The zero-order valence-electron chi connectivity index (χ0n) is 11.5. The van der Waals surface area contributed by atoms with Crippen LogP contribution in [0.1, 0.15) is 32.6 Å². The molecule has 0 atom stereocenters. The molecule has 1 aliphatic rings. The second kappa shape index (κ2) is 7.67. The molecular weight excluding hydrogens is 214 g/mol. The molecule has 0 radical (unpaired) electrons. The minimum absolute atomic E-state index is 0.236. The average Bonchev–Trinajstić information content (AvgIpc) is 2.35. The molecule has 1 aliphatic heterocycles. The first-order chi connectivity index (χ1) is 8.15. The van der Waals surface area contributed by atoms with Crippen LogP contribution in [-0.4, -0.2) is 62.0 Å². The van der Waals surface area contributed by atoms with Crippen LogP contribution in [-0.2, 0) is 4.79 Å². The van der Waals surface area contributed by atoms with Crippen LogP contribution >= 0.6 is 0 Å². The van der Waals surface area contributed by atoms with Crippen molar-refractivity contribution in [1.29, 1.82) is 0 Å². The van der Waals surface area contributed by atoms with Gasteiger partial charge < -0.3 is 10.2 Å². The van der Waals surface area contributed by atoms with Crippen molar-refractivity contribution in [3.05, 3.63) is 0 Å². The predicted molar refractivity (Wildman–Crippen MR) is 71.1 cm³/mol. The Balaban J connectivity index is 2.38. The summed E-state index contributed by atoms with van der Waals surface area (Å²) >= 11 is 0. The van der Waals surface area contributed by atoms with E-state index in [1.54, 1.807) is 4.90 Å². The number of nitrogens with one attached hydrogen (secondary N) is 1. The van der Waals surface area contributed by atoms with Crippen LogP contribution in [0, 0.1) is 0 Å². The number of amides is 1. The third-order valence-electron chi connectivity index (χ3n) is 3.45. The Kier molecular flexibility index (Phi) is 6.52. The zero-order chi connectivity index (χ0) is 12.7. The van der Waals surface area contributed by atoms with Crippen LogP contribution in [0.5, 0.6) is 0 Å². The maximum Gasteiger partial charge on any atom is 0.223 e.